The zero-order valence-electron chi connectivity index (χ0n) is 17.8. The van der Waals surface area contributed by atoms with Crippen molar-refractivity contribution in [3.05, 3.63) is 76.3 Å². The van der Waals surface area contributed by atoms with Crippen LogP contribution in [0.25, 0.3) is 10.9 Å². The second-order valence-corrected chi connectivity index (χ2v) is 9.08. The van der Waals surface area contributed by atoms with E-state index in [1.54, 1.807) is 0 Å². The molecule has 0 bridgehead atoms. The summed E-state index contributed by atoms with van der Waals surface area (Å²) < 4.78 is 1.83. The molecule has 2 aliphatic carbocycles. The van der Waals surface area contributed by atoms with E-state index in [0.29, 0.717) is 30.3 Å². The summed E-state index contributed by atoms with van der Waals surface area (Å²) in [6, 6.07) is 18.3. The Morgan fingerprint density at radius 1 is 1.03 bits per heavy atom. The molecule has 2 fully saturated rings. The number of aryl methyl sites for hydroxylation is 1. The predicted molar refractivity (Wildman–Crippen MR) is 122 cm³/mol. The summed E-state index contributed by atoms with van der Waals surface area (Å²) in [4.78, 5) is 30.5. The smallest absolute Gasteiger partial charge is 0.261 e. The van der Waals surface area contributed by atoms with E-state index < -0.39 is 0 Å². The molecule has 5 heteroatoms. The summed E-state index contributed by atoms with van der Waals surface area (Å²) in [6.45, 7) is 0.677. The minimum absolute atomic E-state index is 0.0255. The van der Waals surface area contributed by atoms with Gasteiger partial charge < -0.3 is 5.32 Å². The molecule has 0 spiro atoms. The number of amides is 1. The Hall–Kier alpha value is -2.95. The number of hydrogen-bond donors (Lipinski definition) is 1. The Kier molecular flexibility index (Phi) is 5.34. The third-order valence-corrected chi connectivity index (χ3v) is 6.94. The number of nitrogens with zero attached hydrogens (tertiary/aromatic N) is 2. The van der Waals surface area contributed by atoms with Crippen LogP contribution in [0.5, 0.6) is 0 Å². The standard InChI is InChI=1S/C26H29N3O2/c30-24(27-18-26(16-6-7-17-26)19-8-2-1-3-9-19)15-14-23-28-22-11-5-4-10-21(22)25(31)29(23)20-12-13-20/h1-5,8-11,20H,6-7,12-18H2,(H,27,30). The van der Waals surface area contributed by atoms with Gasteiger partial charge in [0, 0.05) is 30.8 Å². The van der Waals surface area contributed by atoms with Crippen molar-refractivity contribution in [3.63, 3.8) is 0 Å². The van der Waals surface area contributed by atoms with E-state index >= 15 is 0 Å². The van der Waals surface area contributed by atoms with Crippen LogP contribution >= 0.6 is 0 Å². The highest BCUT2D eigenvalue weighted by molar-refractivity contribution is 5.78. The number of rotatable bonds is 7. The number of hydrogen-bond acceptors (Lipinski definition) is 3. The molecule has 2 aromatic carbocycles. The van der Waals surface area contributed by atoms with Crippen molar-refractivity contribution in [1.82, 2.24) is 14.9 Å². The van der Waals surface area contributed by atoms with Crippen LogP contribution in [0.1, 0.15) is 62.4 Å². The van der Waals surface area contributed by atoms with Crippen LogP contribution < -0.4 is 10.9 Å². The molecule has 1 aromatic heterocycles. The van der Waals surface area contributed by atoms with Gasteiger partial charge in [-0.25, -0.2) is 4.98 Å². The molecule has 0 unspecified atom stereocenters. The Labute approximate surface area is 182 Å². The molecule has 0 radical (unpaired) electrons. The number of carbonyl (C=O) groups excluding carboxylic acids is 1. The predicted octanol–water partition coefficient (Wildman–Crippen LogP) is 4.29. The van der Waals surface area contributed by atoms with Crippen molar-refractivity contribution in [1.29, 1.82) is 0 Å². The lowest BCUT2D eigenvalue weighted by Crippen LogP contribution is -2.39. The number of carbonyl (C=O) groups is 1. The van der Waals surface area contributed by atoms with Gasteiger partial charge in [0.15, 0.2) is 0 Å². The lowest BCUT2D eigenvalue weighted by Gasteiger charge is -2.30. The molecule has 5 nitrogen and oxygen atoms in total. The molecule has 31 heavy (non-hydrogen) atoms. The van der Waals surface area contributed by atoms with E-state index in [1.807, 2.05) is 34.9 Å². The lowest BCUT2D eigenvalue weighted by atomic mass is 9.79. The molecule has 0 atom stereocenters. The maximum atomic E-state index is 13.0. The van der Waals surface area contributed by atoms with Crippen molar-refractivity contribution in [2.45, 2.75) is 62.8 Å². The molecule has 2 saturated carbocycles. The highest BCUT2D eigenvalue weighted by atomic mass is 16.1. The number of nitrogens with one attached hydrogen (secondary N) is 1. The number of fused-ring (bicyclic) bond motifs is 1. The van der Waals surface area contributed by atoms with Gasteiger partial charge in [-0.2, -0.15) is 0 Å². The molecule has 3 aromatic rings. The molecule has 2 aliphatic rings. The van der Waals surface area contributed by atoms with E-state index in [4.69, 9.17) is 4.98 Å². The molecule has 1 amide bonds. The van der Waals surface area contributed by atoms with Crippen molar-refractivity contribution in [2.75, 3.05) is 6.54 Å². The first-order valence-corrected chi connectivity index (χ1v) is 11.5. The third-order valence-electron chi connectivity index (χ3n) is 6.94. The van der Waals surface area contributed by atoms with Gasteiger partial charge in [-0.05, 0) is 43.4 Å². The normalized spacial score (nSPS) is 17.7. The minimum Gasteiger partial charge on any atom is -0.355 e. The number of benzene rings is 2. The number of aromatic nitrogens is 2. The summed E-state index contributed by atoms with van der Waals surface area (Å²) in [5.74, 6) is 0.770. The van der Waals surface area contributed by atoms with E-state index in [1.165, 1.54) is 18.4 Å². The second-order valence-electron chi connectivity index (χ2n) is 9.08. The summed E-state index contributed by atoms with van der Waals surface area (Å²) in [7, 11) is 0. The Bertz CT molecular complexity index is 1140. The Balaban J connectivity index is 1.29. The first kappa shape index (κ1) is 20.0. The first-order chi connectivity index (χ1) is 15.2. The minimum atomic E-state index is 0.0255. The van der Waals surface area contributed by atoms with Crippen molar-refractivity contribution < 1.29 is 4.79 Å². The quantitative estimate of drug-likeness (QED) is 0.626. The van der Waals surface area contributed by atoms with Gasteiger partial charge in [0.2, 0.25) is 5.91 Å². The molecule has 0 saturated heterocycles. The maximum absolute atomic E-state index is 13.0. The second kappa shape index (κ2) is 8.29. The molecule has 1 heterocycles. The van der Waals surface area contributed by atoms with Gasteiger partial charge in [-0.3, -0.25) is 14.2 Å². The van der Waals surface area contributed by atoms with Crippen molar-refractivity contribution >= 4 is 16.8 Å². The van der Waals surface area contributed by atoms with Crippen LogP contribution in [0.2, 0.25) is 0 Å². The topological polar surface area (TPSA) is 64.0 Å². The average molecular weight is 416 g/mol. The van der Waals surface area contributed by atoms with E-state index in [2.05, 4.69) is 29.6 Å². The van der Waals surface area contributed by atoms with Crippen LogP contribution in [0.15, 0.2) is 59.4 Å². The van der Waals surface area contributed by atoms with E-state index in [0.717, 1.165) is 31.5 Å². The highest BCUT2D eigenvalue weighted by Crippen LogP contribution is 2.40. The van der Waals surface area contributed by atoms with Gasteiger partial charge in [0.05, 0.1) is 10.9 Å². The molecular formula is C26H29N3O2. The van der Waals surface area contributed by atoms with Gasteiger partial charge in [-0.15, -0.1) is 0 Å². The van der Waals surface area contributed by atoms with Crippen LogP contribution in [0, 0.1) is 0 Å². The molecule has 1 N–H and O–H groups in total. The van der Waals surface area contributed by atoms with E-state index in [-0.39, 0.29) is 22.9 Å². The molecule has 0 aliphatic heterocycles. The van der Waals surface area contributed by atoms with Gasteiger partial charge in [0.25, 0.3) is 5.56 Å². The SMILES string of the molecule is O=C(CCc1nc2ccccc2c(=O)n1C1CC1)NCC1(c2ccccc2)CCCC1. The summed E-state index contributed by atoms with van der Waals surface area (Å²) in [5, 5.41) is 3.86. The lowest BCUT2D eigenvalue weighted by molar-refractivity contribution is -0.121. The summed E-state index contributed by atoms with van der Waals surface area (Å²) in [6.07, 6.45) is 7.51. The van der Waals surface area contributed by atoms with Crippen LogP contribution in [-0.2, 0) is 16.6 Å². The zero-order valence-corrected chi connectivity index (χ0v) is 17.8. The first-order valence-electron chi connectivity index (χ1n) is 11.5. The van der Waals surface area contributed by atoms with Gasteiger partial charge in [-0.1, -0.05) is 55.3 Å². The Morgan fingerprint density at radius 2 is 1.74 bits per heavy atom. The molecule has 160 valence electrons. The average Bonchev–Trinajstić information content (AvgIpc) is 3.52. The molecular weight excluding hydrogens is 386 g/mol. The van der Waals surface area contributed by atoms with Crippen LogP contribution in [-0.4, -0.2) is 22.0 Å². The zero-order chi connectivity index (χ0) is 21.3. The van der Waals surface area contributed by atoms with Crippen LogP contribution in [0.3, 0.4) is 0 Å². The number of para-hydroxylation sites is 1. The van der Waals surface area contributed by atoms with Crippen molar-refractivity contribution in [2.24, 2.45) is 0 Å². The third kappa shape index (κ3) is 4.01. The summed E-state index contributed by atoms with van der Waals surface area (Å²) in [5.41, 5.74) is 2.12. The monoisotopic (exact) mass is 415 g/mol. The molecule has 5 rings (SSSR count). The van der Waals surface area contributed by atoms with Gasteiger partial charge in [0.1, 0.15) is 5.82 Å². The van der Waals surface area contributed by atoms with Crippen molar-refractivity contribution in [3.8, 4) is 0 Å². The maximum Gasteiger partial charge on any atom is 0.261 e. The Morgan fingerprint density at radius 3 is 2.48 bits per heavy atom. The van der Waals surface area contributed by atoms with Gasteiger partial charge >= 0.3 is 0 Å². The fourth-order valence-electron chi connectivity index (χ4n) is 5.07. The summed E-state index contributed by atoms with van der Waals surface area (Å²) >= 11 is 0. The largest absolute Gasteiger partial charge is 0.355 e. The van der Waals surface area contributed by atoms with E-state index in [9.17, 15) is 9.59 Å². The fourth-order valence-corrected chi connectivity index (χ4v) is 5.07. The highest BCUT2D eigenvalue weighted by Gasteiger charge is 2.35. The van der Waals surface area contributed by atoms with Crippen LogP contribution in [0.4, 0.5) is 0 Å². The fraction of sp³-hybridized carbons (Fsp3) is 0.423.